The second-order valence-corrected chi connectivity index (χ2v) is 14.6. The van der Waals surface area contributed by atoms with Crippen LogP contribution in [-0.2, 0) is 0 Å². The van der Waals surface area contributed by atoms with Crippen LogP contribution in [0.3, 0.4) is 0 Å². The Labute approximate surface area is 317 Å². The summed E-state index contributed by atoms with van der Waals surface area (Å²) in [6, 6.07) is 71.1. The molecule has 0 saturated heterocycles. The molecule has 12 rings (SSSR count). The van der Waals surface area contributed by atoms with Gasteiger partial charge in [0.1, 0.15) is 5.82 Å². The minimum Gasteiger partial charge on any atom is -0.292 e. The van der Waals surface area contributed by atoms with Gasteiger partial charge in [0.05, 0.1) is 11.0 Å². The van der Waals surface area contributed by atoms with Crippen LogP contribution >= 0.6 is 0 Å². The van der Waals surface area contributed by atoms with Crippen molar-refractivity contribution >= 4 is 86.4 Å². The first-order chi connectivity index (χ1) is 27.3. The maximum absolute atomic E-state index is 5.39. The minimum atomic E-state index is 0.944. The molecule has 1 heterocycles. The lowest BCUT2D eigenvalue weighted by Crippen LogP contribution is -1.99. The van der Waals surface area contributed by atoms with Gasteiger partial charge in [0.15, 0.2) is 0 Å². The molecule has 0 unspecified atom stereocenters. The quantitative estimate of drug-likeness (QED) is 0.133. The number of imidazole rings is 1. The zero-order chi connectivity index (χ0) is 36.0. The van der Waals surface area contributed by atoms with Crippen LogP contribution in [0.4, 0.5) is 0 Å². The van der Waals surface area contributed by atoms with E-state index in [9.17, 15) is 0 Å². The number of fused-ring (bicyclic) bond motifs is 8. The molecular weight excluding hydrogens is 665 g/mol. The number of rotatable bonds is 3. The van der Waals surface area contributed by atoms with Crippen molar-refractivity contribution in [3.05, 3.63) is 194 Å². The molecule has 0 N–H and O–H groups in total. The number of aromatic nitrogens is 2. The van der Waals surface area contributed by atoms with Gasteiger partial charge in [0, 0.05) is 11.3 Å². The summed E-state index contributed by atoms with van der Waals surface area (Å²) < 4.78 is 2.33. The van der Waals surface area contributed by atoms with Crippen LogP contribution in [0.5, 0.6) is 0 Å². The summed E-state index contributed by atoms with van der Waals surface area (Å²) in [7, 11) is 0. The Bertz CT molecular complexity index is 3480. The lowest BCUT2D eigenvalue weighted by Gasteiger charge is -2.20. The summed E-state index contributed by atoms with van der Waals surface area (Å²) in [6.45, 7) is 0. The second kappa shape index (κ2) is 11.6. The fourth-order valence-corrected chi connectivity index (χ4v) is 9.44. The van der Waals surface area contributed by atoms with Crippen molar-refractivity contribution in [3.8, 4) is 28.2 Å². The highest BCUT2D eigenvalue weighted by molar-refractivity contribution is 6.34. The predicted octanol–water partition coefficient (Wildman–Crippen LogP) is 14.4. The number of hydrogen-bond donors (Lipinski definition) is 0. The van der Waals surface area contributed by atoms with E-state index in [0.717, 1.165) is 28.1 Å². The molecule has 0 atom stereocenters. The van der Waals surface area contributed by atoms with Gasteiger partial charge in [0.25, 0.3) is 0 Å². The van der Waals surface area contributed by atoms with Gasteiger partial charge in [-0.3, -0.25) is 4.57 Å². The summed E-state index contributed by atoms with van der Waals surface area (Å²) >= 11 is 0. The molecule has 0 fully saturated rings. The van der Waals surface area contributed by atoms with E-state index in [2.05, 4.69) is 199 Å². The lowest BCUT2D eigenvalue weighted by molar-refractivity contribution is 1.11. The SMILES string of the molecule is c1ccc(-n2c(-c3c4ccccc4c(-c4cc5ccc6cccc7c8ccccc8c8ccccc8c(c4)c5c67)c4ccccc34)nc3ccccc32)cc1. The molecule has 0 radical (unpaired) electrons. The molecular formula is C53H32N2. The van der Waals surface area contributed by atoms with Crippen molar-refractivity contribution in [2.45, 2.75) is 0 Å². The van der Waals surface area contributed by atoms with Crippen molar-refractivity contribution in [3.63, 3.8) is 0 Å². The van der Waals surface area contributed by atoms with Crippen LogP contribution < -0.4 is 0 Å². The van der Waals surface area contributed by atoms with Gasteiger partial charge >= 0.3 is 0 Å². The van der Waals surface area contributed by atoms with Gasteiger partial charge in [-0.1, -0.05) is 158 Å². The normalized spacial score (nSPS) is 12.0. The molecule has 0 aliphatic carbocycles. The van der Waals surface area contributed by atoms with Gasteiger partial charge in [0.2, 0.25) is 0 Å². The summed E-state index contributed by atoms with van der Waals surface area (Å²) in [5.74, 6) is 0.944. The van der Waals surface area contributed by atoms with Crippen LogP contribution in [-0.4, -0.2) is 9.55 Å². The molecule has 55 heavy (non-hydrogen) atoms. The third-order valence-corrected chi connectivity index (χ3v) is 11.7. The maximum Gasteiger partial charge on any atom is 0.146 e. The van der Waals surface area contributed by atoms with E-state index in [1.165, 1.54) is 86.5 Å². The third kappa shape index (κ3) is 4.34. The van der Waals surface area contributed by atoms with Crippen LogP contribution in [0.1, 0.15) is 0 Å². The predicted molar refractivity (Wildman–Crippen MR) is 234 cm³/mol. The maximum atomic E-state index is 5.39. The van der Waals surface area contributed by atoms with Gasteiger partial charge in [-0.05, 0) is 123 Å². The molecule has 0 aliphatic rings. The van der Waals surface area contributed by atoms with Gasteiger partial charge in [-0.25, -0.2) is 4.98 Å². The van der Waals surface area contributed by atoms with E-state index < -0.39 is 0 Å². The molecule has 0 amide bonds. The lowest BCUT2D eigenvalue weighted by atomic mass is 9.85. The fourth-order valence-electron chi connectivity index (χ4n) is 9.44. The molecule has 0 spiro atoms. The fraction of sp³-hybridized carbons (Fsp3) is 0. The molecule has 0 aliphatic heterocycles. The van der Waals surface area contributed by atoms with E-state index in [4.69, 9.17) is 4.98 Å². The van der Waals surface area contributed by atoms with Crippen LogP contribution in [0.25, 0.3) is 115 Å². The molecule has 0 bridgehead atoms. The highest BCUT2D eigenvalue weighted by Gasteiger charge is 2.23. The Morgan fingerprint density at radius 2 is 0.818 bits per heavy atom. The molecule has 2 heteroatoms. The third-order valence-electron chi connectivity index (χ3n) is 11.7. The summed E-state index contributed by atoms with van der Waals surface area (Å²) in [5.41, 5.74) is 6.75. The van der Waals surface area contributed by atoms with E-state index in [1.54, 1.807) is 0 Å². The largest absolute Gasteiger partial charge is 0.292 e. The topological polar surface area (TPSA) is 17.8 Å². The summed E-state index contributed by atoms with van der Waals surface area (Å²) in [4.78, 5) is 5.39. The molecule has 0 saturated carbocycles. The van der Waals surface area contributed by atoms with Crippen molar-refractivity contribution in [1.29, 1.82) is 0 Å². The Balaban J connectivity index is 1.26. The van der Waals surface area contributed by atoms with E-state index >= 15 is 0 Å². The van der Waals surface area contributed by atoms with Gasteiger partial charge < -0.3 is 0 Å². The number of para-hydroxylation sites is 3. The first kappa shape index (κ1) is 30.2. The van der Waals surface area contributed by atoms with Crippen molar-refractivity contribution in [2.75, 3.05) is 0 Å². The summed E-state index contributed by atoms with van der Waals surface area (Å²) in [6.07, 6.45) is 0. The number of nitrogens with zero attached hydrogens (tertiary/aromatic N) is 2. The Morgan fingerprint density at radius 3 is 1.49 bits per heavy atom. The zero-order valence-corrected chi connectivity index (χ0v) is 29.9. The van der Waals surface area contributed by atoms with Crippen LogP contribution in [0.2, 0.25) is 0 Å². The van der Waals surface area contributed by atoms with Gasteiger partial charge in [-0.2, -0.15) is 0 Å². The van der Waals surface area contributed by atoms with Crippen LogP contribution in [0.15, 0.2) is 194 Å². The molecule has 2 nitrogen and oxygen atoms in total. The standard InChI is InChI=1S/C53H32N2/c1-2-16-36(17-3-1)55-48-28-13-12-27-47(48)54-53(55)52-44-24-10-8-22-42(44)49(43-23-9-11-25-45(43)52)35-31-34-30-29-33-15-14-26-41-39-20-6-4-18-37(39)38-19-5-7-21-40(38)46(32-35)51(34)50(33)41/h1-32H. The van der Waals surface area contributed by atoms with Crippen molar-refractivity contribution < 1.29 is 0 Å². The van der Waals surface area contributed by atoms with E-state index in [-0.39, 0.29) is 0 Å². The molecule has 1 aromatic heterocycles. The van der Waals surface area contributed by atoms with E-state index in [0.29, 0.717) is 0 Å². The number of hydrogen-bond acceptors (Lipinski definition) is 1. The first-order valence-corrected chi connectivity index (χ1v) is 19.0. The molecule has 11 aromatic carbocycles. The highest BCUT2D eigenvalue weighted by Crippen LogP contribution is 2.47. The van der Waals surface area contributed by atoms with E-state index in [1.807, 2.05) is 0 Å². The smallest absolute Gasteiger partial charge is 0.146 e. The van der Waals surface area contributed by atoms with Crippen molar-refractivity contribution in [2.24, 2.45) is 0 Å². The average molecular weight is 697 g/mol. The highest BCUT2D eigenvalue weighted by atomic mass is 15.1. The second-order valence-electron chi connectivity index (χ2n) is 14.6. The number of benzene rings is 10. The van der Waals surface area contributed by atoms with Gasteiger partial charge in [-0.15, -0.1) is 0 Å². The monoisotopic (exact) mass is 696 g/mol. The van der Waals surface area contributed by atoms with Crippen molar-refractivity contribution in [1.82, 2.24) is 9.55 Å². The molecule has 254 valence electrons. The average Bonchev–Trinajstić information content (AvgIpc) is 3.63. The first-order valence-electron chi connectivity index (χ1n) is 19.0. The Morgan fingerprint density at radius 1 is 0.327 bits per heavy atom. The molecule has 12 aromatic rings. The zero-order valence-electron chi connectivity index (χ0n) is 29.9. The Hall–Kier alpha value is -7.29. The van der Waals surface area contributed by atoms with Crippen LogP contribution in [0, 0.1) is 0 Å². The summed E-state index contributed by atoms with van der Waals surface area (Å²) in [5, 5.41) is 17.5. The Kier molecular flexibility index (Phi) is 6.37. The minimum absolute atomic E-state index is 0.944.